The maximum absolute atomic E-state index is 11.7. The molecular weight excluding hydrogens is 250 g/mol. The first-order valence-electron chi connectivity index (χ1n) is 5.88. The van der Waals surface area contributed by atoms with Crippen molar-refractivity contribution < 1.29 is 14.7 Å². The van der Waals surface area contributed by atoms with Crippen molar-refractivity contribution in [2.24, 2.45) is 11.7 Å². The van der Waals surface area contributed by atoms with Gasteiger partial charge in [0.2, 0.25) is 5.91 Å². The van der Waals surface area contributed by atoms with Crippen LogP contribution in [0.5, 0.6) is 0 Å². The number of carbonyl (C=O) groups excluding carboxylic acids is 1. The normalized spacial score (nSPS) is 21.5. The van der Waals surface area contributed by atoms with Crippen molar-refractivity contribution in [1.82, 2.24) is 20.3 Å². The first kappa shape index (κ1) is 13.2. The van der Waals surface area contributed by atoms with Gasteiger partial charge < -0.3 is 16.2 Å². The highest BCUT2D eigenvalue weighted by Crippen LogP contribution is 2.17. The standard InChI is InChI=1S/C11H15N5O3/c12-4-9-5-16(15-14-9)6-10(17)13-8-2-1-7(3-8)11(18)19/h1-2,5,7-8H,3-4,6,12H2,(H,13,17)(H,18,19). The molecule has 0 radical (unpaired) electrons. The predicted octanol–water partition coefficient (Wildman–Crippen LogP) is -1.12. The van der Waals surface area contributed by atoms with Crippen LogP contribution in [0.1, 0.15) is 12.1 Å². The molecule has 2 rings (SSSR count). The minimum atomic E-state index is -0.878. The summed E-state index contributed by atoms with van der Waals surface area (Å²) in [5, 5.41) is 19.1. The third kappa shape index (κ3) is 3.38. The fraction of sp³-hybridized carbons (Fsp3) is 0.455. The van der Waals surface area contributed by atoms with E-state index < -0.39 is 11.9 Å². The fourth-order valence-electron chi connectivity index (χ4n) is 1.90. The molecule has 19 heavy (non-hydrogen) atoms. The molecule has 1 aromatic rings. The Hall–Kier alpha value is -2.22. The Kier molecular flexibility index (Phi) is 3.91. The van der Waals surface area contributed by atoms with Gasteiger partial charge in [0.1, 0.15) is 6.54 Å². The van der Waals surface area contributed by atoms with Crippen LogP contribution < -0.4 is 11.1 Å². The third-order valence-corrected chi connectivity index (χ3v) is 2.85. The van der Waals surface area contributed by atoms with E-state index in [0.717, 1.165) is 0 Å². The van der Waals surface area contributed by atoms with Crippen LogP contribution in [0.25, 0.3) is 0 Å². The molecule has 1 aliphatic carbocycles. The number of rotatable bonds is 5. The molecule has 1 heterocycles. The Labute approximate surface area is 109 Å². The summed E-state index contributed by atoms with van der Waals surface area (Å²) >= 11 is 0. The van der Waals surface area contributed by atoms with Gasteiger partial charge in [0.25, 0.3) is 0 Å². The fourth-order valence-corrected chi connectivity index (χ4v) is 1.90. The summed E-state index contributed by atoms with van der Waals surface area (Å²) in [5.41, 5.74) is 6.00. The maximum atomic E-state index is 11.7. The molecule has 0 saturated carbocycles. The van der Waals surface area contributed by atoms with E-state index in [9.17, 15) is 9.59 Å². The monoisotopic (exact) mass is 265 g/mol. The van der Waals surface area contributed by atoms with Crippen LogP contribution in [0, 0.1) is 5.92 Å². The molecule has 1 aliphatic rings. The number of amides is 1. The lowest BCUT2D eigenvalue weighted by molar-refractivity contribution is -0.140. The molecule has 4 N–H and O–H groups in total. The third-order valence-electron chi connectivity index (χ3n) is 2.85. The van der Waals surface area contributed by atoms with Gasteiger partial charge in [-0.05, 0) is 6.42 Å². The SMILES string of the molecule is NCc1cn(CC(=O)NC2C=CC(C(=O)O)C2)nn1. The van der Waals surface area contributed by atoms with Crippen LogP contribution in [0.4, 0.5) is 0 Å². The van der Waals surface area contributed by atoms with Crippen LogP contribution in [0.15, 0.2) is 18.3 Å². The van der Waals surface area contributed by atoms with E-state index in [4.69, 9.17) is 10.8 Å². The van der Waals surface area contributed by atoms with E-state index >= 15 is 0 Å². The molecule has 2 atom stereocenters. The molecule has 0 aliphatic heterocycles. The first-order chi connectivity index (χ1) is 9.08. The van der Waals surface area contributed by atoms with Crippen LogP contribution in [0.3, 0.4) is 0 Å². The molecule has 1 aromatic heterocycles. The van der Waals surface area contributed by atoms with Crippen LogP contribution in [0.2, 0.25) is 0 Å². The minimum Gasteiger partial charge on any atom is -0.481 e. The Bertz CT molecular complexity index is 510. The van der Waals surface area contributed by atoms with E-state index in [2.05, 4.69) is 15.6 Å². The largest absolute Gasteiger partial charge is 0.481 e. The van der Waals surface area contributed by atoms with Gasteiger partial charge in [-0.2, -0.15) is 0 Å². The number of carboxylic acids is 1. The lowest BCUT2D eigenvalue weighted by Crippen LogP contribution is -2.35. The second kappa shape index (κ2) is 5.61. The highest BCUT2D eigenvalue weighted by Gasteiger charge is 2.25. The highest BCUT2D eigenvalue weighted by molar-refractivity contribution is 5.77. The van der Waals surface area contributed by atoms with Crippen LogP contribution >= 0.6 is 0 Å². The second-order valence-electron chi connectivity index (χ2n) is 4.35. The minimum absolute atomic E-state index is 0.0368. The molecule has 0 spiro atoms. The molecule has 8 heteroatoms. The van der Waals surface area contributed by atoms with Gasteiger partial charge in [0.05, 0.1) is 17.8 Å². The van der Waals surface area contributed by atoms with Gasteiger partial charge in [0, 0.05) is 12.6 Å². The summed E-state index contributed by atoms with van der Waals surface area (Å²) in [6.07, 6.45) is 5.27. The van der Waals surface area contributed by atoms with Crippen LogP contribution in [-0.2, 0) is 22.7 Å². The molecule has 0 aromatic carbocycles. The molecule has 0 saturated heterocycles. The number of aliphatic carboxylic acids is 1. The first-order valence-corrected chi connectivity index (χ1v) is 5.88. The second-order valence-corrected chi connectivity index (χ2v) is 4.35. The smallest absolute Gasteiger partial charge is 0.310 e. The van der Waals surface area contributed by atoms with Gasteiger partial charge in [-0.3, -0.25) is 9.59 Å². The molecule has 0 bridgehead atoms. The van der Waals surface area contributed by atoms with Crippen molar-refractivity contribution in [3.8, 4) is 0 Å². The van der Waals surface area contributed by atoms with Crippen LogP contribution in [-0.4, -0.2) is 38.0 Å². The molecule has 8 nitrogen and oxygen atoms in total. The summed E-state index contributed by atoms with van der Waals surface area (Å²) in [4.78, 5) is 22.5. The lowest BCUT2D eigenvalue weighted by atomic mass is 10.1. The Morgan fingerprint density at radius 1 is 1.53 bits per heavy atom. The summed E-state index contributed by atoms with van der Waals surface area (Å²) in [6, 6.07) is -0.244. The van der Waals surface area contributed by atoms with E-state index in [1.807, 2.05) is 0 Å². The Morgan fingerprint density at radius 2 is 2.32 bits per heavy atom. The quantitative estimate of drug-likeness (QED) is 0.580. The van der Waals surface area contributed by atoms with E-state index in [1.54, 1.807) is 18.3 Å². The van der Waals surface area contributed by atoms with Crippen molar-refractivity contribution in [3.05, 3.63) is 24.0 Å². The van der Waals surface area contributed by atoms with Crippen molar-refractivity contribution in [2.45, 2.75) is 25.6 Å². The molecule has 2 unspecified atom stereocenters. The van der Waals surface area contributed by atoms with Gasteiger partial charge in [-0.1, -0.05) is 17.4 Å². The summed E-state index contributed by atoms with van der Waals surface area (Å²) < 4.78 is 1.39. The number of hydrogen-bond donors (Lipinski definition) is 3. The average Bonchev–Trinajstić information content (AvgIpc) is 2.98. The van der Waals surface area contributed by atoms with Crippen molar-refractivity contribution >= 4 is 11.9 Å². The number of carboxylic acid groups (broad SMARTS) is 1. The molecule has 0 fully saturated rings. The lowest BCUT2D eigenvalue weighted by Gasteiger charge is -2.11. The average molecular weight is 265 g/mol. The zero-order valence-electron chi connectivity index (χ0n) is 10.2. The summed E-state index contributed by atoms with van der Waals surface area (Å²) in [7, 11) is 0. The van der Waals surface area contributed by atoms with Gasteiger partial charge in [0.15, 0.2) is 0 Å². The number of carbonyl (C=O) groups is 2. The van der Waals surface area contributed by atoms with Crippen molar-refractivity contribution in [2.75, 3.05) is 0 Å². The van der Waals surface area contributed by atoms with Crippen molar-refractivity contribution in [3.63, 3.8) is 0 Å². The number of nitrogens with one attached hydrogen (secondary N) is 1. The van der Waals surface area contributed by atoms with Crippen molar-refractivity contribution in [1.29, 1.82) is 0 Å². The molecular formula is C11H15N5O3. The number of nitrogens with zero attached hydrogens (tertiary/aromatic N) is 3. The van der Waals surface area contributed by atoms with Gasteiger partial charge in [-0.15, -0.1) is 5.10 Å². The van der Waals surface area contributed by atoms with E-state index in [0.29, 0.717) is 12.1 Å². The highest BCUT2D eigenvalue weighted by atomic mass is 16.4. The Balaban J connectivity index is 1.82. The topological polar surface area (TPSA) is 123 Å². The van der Waals surface area contributed by atoms with Gasteiger partial charge in [-0.25, -0.2) is 4.68 Å². The summed E-state index contributed by atoms with van der Waals surface area (Å²) in [5.74, 6) is -1.65. The zero-order valence-corrected chi connectivity index (χ0v) is 10.2. The number of aromatic nitrogens is 3. The van der Waals surface area contributed by atoms with Gasteiger partial charge >= 0.3 is 5.97 Å². The summed E-state index contributed by atoms with van der Waals surface area (Å²) in [6.45, 7) is 0.308. The predicted molar refractivity (Wildman–Crippen MR) is 64.7 cm³/mol. The number of hydrogen-bond acceptors (Lipinski definition) is 5. The maximum Gasteiger partial charge on any atom is 0.310 e. The van der Waals surface area contributed by atoms with E-state index in [1.165, 1.54) is 4.68 Å². The number of nitrogens with two attached hydrogens (primary N) is 1. The molecule has 1 amide bonds. The van der Waals surface area contributed by atoms with E-state index in [-0.39, 0.29) is 25.0 Å². The Morgan fingerprint density at radius 3 is 2.89 bits per heavy atom. The molecule has 102 valence electrons. The zero-order chi connectivity index (χ0) is 13.8.